The van der Waals surface area contributed by atoms with Gasteiger partial charge in [0.25, 0.3) is 0 Å². The molecular weight excluding hydrogens is 654 g/mol. The van der Waals surface area contributed by atoms with Gasteiger partial charge in [-0.25, -0.2) is 4.98 Å². The van der Waals surface area contributed by atoms with Gasteiger partial charge in [-0.3, -0.25) is 14.4 Å². The fourth-order valence-corrected chi connectivity index (χ4v) is 5.93. The van der Waals surface area contributed by atoms with Crippen LogP contribution in [0, 0.1) is 23.7 Å². The number of aromatic nitrogens is 2. The van der Waals surface area contributed by atoms with Crippen LogP contribution in [-0.2, 0) is 44.8 Å². The summed E-state index contributed by atoms with van der Waals surface area (Å²) in [5.74, 6) is -2.44. The highest BCUT2D eigenvalue weighted by atomic mass is 16.7. The maximum Gasteiger partial charge on any atom is 0.316 e. The molecule has 1 aromatic rings. The lowest BCUT2D eigenvalue weighted by molar-refractivity contribution is -0.236. The van der Waals surface area contributed by atoms with Crippen molar-refractivity contribution in [3.63, 3.8) is 0 Å². The largest absolute Gasteiger partial charge is 0.459 e. The summed E-state index contributed by atoms with van der Waals surface area (Å²) in [6.45, 7) is 19.7. The van der Waals surface area contributed by atoms with Crippen LogP contribution in [0.25, 0.3) is 0 Å². The predicted octanol–water partition coefficient (Wildman–Crippen LogP) is 6.35. The van der Waals surface area contributed by atoms with E-state index in [2.05, 4.69) is 28.7 Å². The van der Waals surface area contributed by atoms with Gasteiger partial charge in [0.15, 0.2) is 17.9 Å². The molecule has 0 bridgehead atoms. The number of carbonyl (C=O) groups is 3. The number of Topliss-reactive ketones (excluding diaryl/α,β-unsaturated/α-hetero) is 2. The lowest BCUT2D eigenvalue weighted by Crippen LogP contribution is -2.47. The van der Waals surface area contributed by atoms with Crippen LogP contribution in [0.2, 0.25) is 0 Å². The first-order chi connectivity index (χ1) is 24.0. The van der Waals surface area contributed by atoms with E-state index < -0.39 is 35.8 Å². The number of ketones is 2. The second kappa shape index (κ2) is 27.2. The lowest BCUT2D eigenvalue weighted by atomic mass is 9.80. The number of nitrogens with zero attached hydrogens (tertiary/aromatic N) is 3. The maximum absolute atomic E-state index is 13.5. The van der Waals surface area contributed by atoms with Crippen LogP contribution in [0.1, 0.15) is 101 Å². The van der Waals surface area contributed by atoms with Crippen LogP contribution in [-0.4, -0.2) is 110 Å². The number of imidazole rings is 1. The second-order valence-electron chi connectivity index (χ2n) is 13.7. The fourth-order valence-electron chi connectivity index (χ4n) is 5.93. The summed E-state index contributed by atoms with van der Waals surface area (Å²) in [7, 11) is 10.0. The molecule has 0 amide bonds. The van der Waals surface area contributed by atoms with Gasteiger partial charge in [-0.2, -0.15) is 0 Å². The molecule has 0 aliphatic carbocycles. The summed E-state index contributed by atoms with van der Waals surface area (Å²) in [6.07, 6.45) is 9.44. The standard InChI is InChI=1S/C29H49NO6.C5H8N2O.C2H6O.C2H6.CH4O/c1-11-29(8)13-12-17(2)25(31)18(3)14-19(4)27(21(6)26(32)22(7)28(33)36-29)35-24-16-23(30(9)10)15-20(5)34-24;1-8-5-7-3-2-6-4-7;1-3-2;2*1-2/h12,18-24,27H,11,13-16H2,1-10H3;2-4H,5H2,1H3;1-2H3;1-2H3;2H,1H3/b17-12+;;;;/t18-,19+,20-,21+,22-,23+,24+,27+,29?;;;;/m1..../s1. The average Bonchev–Trinajstić information content (AvgIpc) is 3.63. The van der Waals surface area contributed by atoms with Gasteiger partial charge in [-0.05, 0) is 72.5 Å². The monoisotopic (exact) mass is 728 g/mol. The zero-order chi connectivity index (χ0) is 39.9. The van der Waals surface area contributed by atoms with Gasteiger partial charge < -0.3 is 38.3 Å². The van der Waals surface area contributed by atoms with Crippen molar-refractivity contribution < 1.29 is 43.2 Å². The molecule has 51 heavy (non-hydrogen) atoms. The van der Waals surface area contributed by atoms with E-state index in [4.69, 9.17) is 24.1 Å². The molecule has 1 N–H and O–H groups in total. The van der Waals surface area contributed by atoms with Crippen LogP contribution < -0.4 is 0 Å². The van der Waals surface area contributed by atoms with Gasteiger partial charge in [0.2, 0.25) is 0 Å². The number of aliphatic hydroxyl groups is 1. The quantitative estimate of drug-likeness (QED) is 0.259. The van der Waals surface area contributed by atoms with Crippen LogP contribution in [0.4, 0.5) is 0 Å². The number of cyclic esters (lactones) is 1. The molecule has 2 aliphatic rings. The average molecular weight is 728 g/mol. The van der Waals surface area contributed by atoms with E-state index in [1.807, 2.05) is 79.2 Å². The summed E-state index contributed by atoms with van der Waals surface area (Å²) in [5, 5.41) is 7.00. The Hall–Kier alpha value is -2.48. The Morgan fingerprint density at radius 1 is 1.02 bits per heavy atom. The second-order valence-corrected chi connectivity index (χ2v) is 13.7. The Kier molecular flexibility index (Phi) is 27.0. The first-order valence-corrected chi connectivity index (χ1v) is 18.3. The summed E-state index contributed by atoms with van der Waals surface area (Å²) in [4.78, 5) is 45.8. The van der Waals surface area contributed by atoms with Crippen molar-refractivity contribution in [3.8, 4) is 0 Å². The normalized spacial score (nSPS) is 31.3. The number of allylic oxidation sites excluding steroid dienone is 1. The van der Waals surface area contributed by atoms with Crippen molar-refractivity contribution in [2.45, 2.75) is 138 Å². The van der Waals surface area contributed by atoms with Crippen LogP contribution in [0.5, 0.6) is 0 Å². The predicted molar refractivity (Wildman–Crippen MR) is 202 cm³/mol. The van der Waals surface area contributed by atoms with Crippen molar-refractivity contribution in [1.29, 1.82) is 0 Å². The smallest absolute Gasteiger partial charge is 0.316 e. The van der Waals surface area contributed by atoms with E-state index in [1.54, 1.807) is 40.8 Å². The van der Waals surface area contributed by atoms with Gasteiger partial charge in [-0.1, -0.05) is 47.6 Å². The molecule has 0 spiro atoms. The molecule has 0 radical (unpaired) electrons. The highest BCUT2D eigenvalue weighted by Crippen LogP contribution is 2.33. The fraction of sp³-hybridized carbons (Fsp3) is 0.795. The minimum absolute atomic E-state index is 0.0323. The zero-order valence-corrected chi connectivity index (χ0v) is 34.7. The number of aliphatic hydroxyl groups excluding tert-OH is 1. The van der Waals surface area contributed by atoms with E-state index in [0.717, 1.165) is 13.5 Å². The highest BCUT2D eigenvalue weighted by molar-refractivity contribution is 6.00. The van der Waals surface area contributed by atoms with Gasteiger partial charge in [0.05, 0.1) is 18.5 Å². The van der Waals surface area contributed by atoms with E-state index in [9.17, 15) is 14.4 Å². The minimum atomic E-state index is -0.906. The third-order valence-corrected chi connectivity index (χ3v) is 9.11. The van der Waals surface area contributed by atoms with Crippen molar-refractivity contribution in [2.75, 3.05) is 42.5 Å². The van der Waals surface area contributed by atoms with Gasteiger partial charge >= 0.3 is 5.97 Å². The third kappa shape index (κ3) is 18.2. The van der Waals surface area contributed by atoms with E-state index in [-0.39, 0.29) is 29.5 Å². The molecule has 12 nitrogen and oxygen atoms in total. The Morgan fingerprint density at radius 2 is 1.61 bits per heavy atom. The Labute approximate surface area is 309 Å². The molecule has 0 aromatic carbocycles. The molecule has 1 fully saturated rings. The highest BCUT2D eigenvalue weighted by Gasteiger charge is 2.41. The van der Waals surface area contributed by atoms with Gasteiger partial charge in [0.1, 0.15) is 18.2 Å². The first-order valence-electron chi connectivity index (χ1n) is 18.3. The maximum atomic E-state index is 13.5. The van der Waals surface area contributed by atoms with Crippen LogP contribution in [0.15, 0.2) is 30.4 Å². The third-order valence-electron chi connectivity index (χ3n) is 9.11. The van der Waals surface area contributed by atoms with Crippen LogP contribution in [0.3, 0.4) is 0 Å². The molecule has 1 aromatic heterocycles. The number of ether oxygens (including phenoxy) is 5. The molecule has 0 saturated carbocycles. The first kappa shape index (κ1) is 50.6. The topological polar surface area (TPSA) is 139 Å². The number of hydrogen-bond acceptors (Lipinski definition) is 11. The molecule has 3 heterocycles. The van der Waals surface area contributed by atoms with E-state index >= 15 is 0 Å². The molecule has 1 unspecified atom stereocenters. The summed E-state index contributed by atoms with van der Waals surface area (Å²) >= 11 is 0. The van der Waals surface area contributed by atoms with Crippen molar-refractivity contribution >= 4 is 17.5 Å². The summed E-state index contributed by atoms with van der Waals surface area (Å²) in [6, 6.07) is 0.312. The number of carbonyl (C=O) groups excluding carboxylic acids is 3. The molecule has 3 rings (SSSR count). The molecule has 12 heteroatoms. The molecule has 9 atom stereocenters. The van der Waals surface area contributed by atoms with E-state index in [1.165, 1.54) is 0 Å². The molecular formula is C39H73N3O9. The summed E-state index contributed by atoms with van der Waals surface area (Å²) < 4.78 is 29.4. The summed E-state index contributed by atoms with van der Waals surface area (Å²) in [5.41, 5.74) is -0.101. The SMILES string of the molecule is CC.CCC1(C)C/C=C(\C)C(=O)[C@H](C)C[C@H](C)[C@H](O[C@H]2C[C@@H](N(C)C)C[C@@H](C)O2)[C@@H](C)C(=O)[C@@H](C)C(=O)O1.CO.COC.COCn1ccnc1. The van der Waals surface area contributed by atoms with Crippen molar-refractivity contribution in [3.05, 3.63) is 30.4 Å². The molecule has 1 saturated heterocycles. The molecule has 2 aliphatic heterocycles. The zero-order valence-electron chi connectivity index (χ0n) is 34.7. The van der Waals surface area contributed by atoms with Crippen LogP contribution >= 0.6 is 0 Å². The Balaban J connectivity index is 0. The van der Waals surface area contributed by atoms with Gasteiger partial charge in [0, 0.05) is 71.6 Å². The minimum Gasteiger partial charge on any atom is -0.459 e. The Bertz CT molecular complexity index is 1110. The van der Waals surface area contributed by atoms with Crippen molar-refractivity contribution in [2.24, 2.45) is 23.7 Å². The number of rotatable bonds is 6. The molecule has 298 valence electrons. The van der Waals surface area contributed by atoms with Gasteiger partial charge in [-0.15, -0.1) is 0 Å². The van der Waals surface area contributed by atoms with E-state index in [0.29, 0.717) is 44.0 Å². The lowest BCUT2D eigenvalue weighted by Gasteiger charge is -2.41. The number of methoxy groups -OCH3 is 2. The number of hydrogen-bond donors (Lipinski definition) is 1. The van der Waals surface area contributed by atoms with Crippen molar-refractivity contribution in [1.82, 2.24) is 14.5 Å². The Morgan fingerprint density at radius 3 is 2.10 bits per heavy atom. The number of esters is 1.